The molecule has 0 aliphatic carbocycles. The second-order valence-electron chi connectivity index (χ2n) is 6.37. The van der Waals surface area contributed by atoms with E-state index in [1.54, 1.807) is 60.6 Å². The standard InChI is InChI=1S/C22H17N3O3/c1-24(16-7-3-2-4-8-16)23-20(26)15-11-13-17(14-12-15)25-21(27)18-9-5-6-10-19(18)22(25)28/h2-14H,1H3,(H,23,26). The van der Waals surface area contributed by atoms with Crippen LogP contribution in [0.25, 0.3) is 0 Å². The van der Waals surface area contributed by atoms with Crippen molar-refractivity contribution in [2.24, 2.45) is 0 Å². The van der Waals surface area contributed by atoms with Gasteiger partial charge in [-0.2, -0.15) is 0 Å². The van der Waals surface area contributed by atoms with Gasteiger partial charge in [-0.1, -0.05) is 30.3 Å². The molecule has 1 aliphatic heterocycles. The van der Waals surface area contributed by atoms with E-state index in [0.717, 1.165) is 10.6 Å². The molecule has 28 heavy (non-hydrogen) atoms. The summed E-state index contributed by atoms with van der Waals surface area (Å²) < 4.78 is 0. The number of rotatable bonds is 4. The average molecular weight is 371 g/mol. The maximum Gasteiger partial charge on any atom is 0.269 e. The van der Waals surface area contributed by atoms with Gasteiger partial charge in [0.25, 0.3) is 17.7 Å². The smallest absolute Gasteiger partial charge is 0.269 e. The van der Waals surface area contributed by atoms with E-state index in [0.29, 0.717) is 22.4 Å². The zero-order valence-electron chi connectivity index (χ0n) is 15.1. The van der Waals surface area contributed by atoms with Gasteiger partial charge in [0.15, 0.2) is 0 Å². The maximum atomic E-state index is 12.5. The first-order valence-electron chi connectivity index (χ1n) is 8.74. The first-order valence-corrected chi connectivity index (χ1v) is 8.74. The minimum absolute atomic E-state index is 0.291. The first kappa shape index (κ1) is 17.5. The van der Waals surface area contributed by atoms with Crippen molar-refractivity contribution >= 4 is 29.1 Å². The summed E-state index contributed by atoms with van der Waals surface area (Å²) in [4.78, 5) is 38.7. The molecule has 3 amide bonds. The van der Waals surface area contributed by atoms with Gasteiger partial charge >= 0.3 is 0 Å². The van der Waals surface area contributed by atoms with Crippen molar-refractivity contribution in [1.82, 2.24) is 5.43 Å². The topological polar surface area (TPSA) is 69.7 Å². The summed E-state index contributed by atoms with van der Waals surface area (Å²) >= 11 is 0. The Hall–Kier alpha value is -3.93. The lowest BCUT2D eigenvalue weighted by Gasteiger charge is -2.20. The van der Waals surface area contributed by atoms with Crippen LogP contribution in [-0.2, 0) is 0 Å². The van der Waals surface area contributed by atoms with Gasteiger partial charge < -0.3 is 0 Å². The number of hydrazine groups is 1. The number of benzene rings is 3. The molecule has 0 saturated carbocycles. The van der Waals surface area contributed by atoms with Crippen molar-refractivity contribution in [3.8, 4) is 0 Å². The van der Waals surface area contributed by atoms with Crippen molar-refractivity contribution in [1.29, 1.82) is 0 Å². The molecule has 0 bridgehead atoms. The number of hydrogen-bond donors (Lipinski definition) is 1. The zero-order valence-corrected chi connectivity index (χ0v) is 15.1. The van der Waals surface area contributed by atoms with Gasteiger partial charge in [-0.15, -0.1) is 0 Å². The second kappa shape index (κ2) is 7.00. The van der Waals surface area contributed by atoms with Crippen LogP contribution < -0.4 is 15.3 Å². The highest BCUT2D eigenvalue weighted by atomic mass is 16.2. The molecule has 0 spiro atoms. The molecular weight excluding hydrogens is 354 g/mol. The van der Waals surface area contributed by atoms with E-state index in [-0.39, 0.29) is 17.7 Å². The quantitative estimate of drug-likeness (QED) is 0.565. The fourth-order valence-corrected chi connectivity index (χ4v) is 3.12. The summed E-state index contributed by atoms with van der Waals surface area (Å²) in [5.41, 5.74) is 5.25. The highest BCUT2D eigenvalue weighted by molar-refractivity contribution is 6.34. The maximum absolute atomic E-state index is 12.5. The molecule has 6 heteroatoms. The summed E-state index contributed by atoms with van der Waals surface area (Å²) in [6.45, 7) is 0. The summed E-state index contributed by atoms with van der Waals surface area (Å²) in [5.74, 6) is -1.01. The molecule has 6 nitrogen and oxygen atoms in total. The molecule has 138 valence electrons. The number of anilines is 2. The third-order valence-electron chi connectivity index (χ3n) is 4.59. The minimum Gasteiger partial charge on any atom is -0.288 e. The molecule has 1 heterocycles. The minimum atomic E-state index is -0.360. The number of carbonyl (C=O) groups excluding carboxylic acids is 3. The second-order valence-corrected chi connectivity index (χ2v) is 6.37. The van der Waals surface area contributed by atoms with Crippen LogP contribution in [0.1, 0.15) is 31.1 Å². The molecule has 1 N–H and O–H groups in total. The Bertz CT molecular complexity index is 1030. The van der Waals surface area contributed by atoms with E-state index in [9.17, 15) is 14.4 Å². The van der Waals surface area contributed by atoms with Crippen LogP contribution in [0, 0.1) is 0 Å². The molecule has 0 fully saturated rings. The Balaban J connectivity index is 1.51. The monoisotopic (exact) mass is 371 g/mol. The molecule has 0 atom stereocenters. The number of carbonyl (C=O) groups is 3. The predicted molar refractivity (Wildman–Crippen MR) is 106 cm³/mol. The average Bonchev–Trinajstić information content (AvgIpc) is 2.99. The zero-order chi connectivity index (χ0) is 19.7. The van der Waals surface area contributed by atoms with Crippen LogP contribution in [-0.4, -0.2) is 24.8 Å². The molecule has 3 aromatic carbocycles. The highest BCUT2D eigenvalue weighted by Crippen LogP contribution is 2.28. The van der Waals surface area contributed by atoms with Gasteiger partial charge in [-0.25, -0.2) is 4.90 Å². The Morgan fingerprint density at radius 3 is 1.89 bits per heavy atom. The van der Waals surface area contributed by atoms with Gasteiger partial charge in [-0.05, 0) is 48.5 Å². The van der Waals surface area contributed by atoms with Gasteiger partial charge in [0.05, 0.1) is 22.5 Å². The van der Waals surface area contributed by atoms with Crippen LogP contribution in [0.4, 0.5) is 11.4 Å². The number of nitrogens with one attached hydrogen (secondary N) is 1. The molecule has 0 saturated heterocycles. The number of hydrogen-bond acceptors (Lipinski definition) is 4. The van der Waals surface area contributed by atoms with Crippen molar-refractivity contribution in [3.63, 3.8) is 0 Å². The van der Waals surface area contributed by atoms with Gasteiger partial charge in [0.1, 0.15) is 0 Å². The normalized spacial score (nSPS) is 12.7. The van der Waals surface area contributed by atoms with Crippen molar-refractivity contribution in [2.45, 2.75) is 0 Å². The molecule has 1 aliphatic rings. The summed E-state index contributed by atoms with van der Waals surface area (Å²) in [6.07, 6.45) is 0. The number of fused-ring (bicyclic) bond motifs is 1. The lowest BCUT2D eigenvalue weighted by Crippen LogP contribution is -2.39. The molecule has 0 aromatic heterocycles. The SMILES string of the molecule is CN(NC(=O)c1ccc(N2C(=O)c3ccccc3C2=O)cc1)c1ccccc1. The molecule has 4 rings (SSSR count). The molecular formula is C22H17N3O3. The van der Waals surface area contributed by atoms with Crippen LogP contribution in [0.15, 0.2) is 78.9 Å². The number of amides is 3. The van der Waals surface area contributed by atoms with E-state index >= 15 is 0 Å². The lowest BCUT2D eigenvalue weighted by atomic mass is 10.1. The van der Waals surface area contributed by atoms with Gasteiger partial charge in [0.2, 0.25) is 0 Å². The van der Waals surface area contributed by atoms with Crippen LogP contribution in [0.2, 0.25) is 0 Å². The van der Waals surface area contributed by atoms with E-state index < -0.39 is 0 Å². The molecule has 0 unspecified atom stereocenters. The van der Waals surface area contributed by atoms with Crippen molar-refractivity contribution in [3.05, 3.63) is 95.6 Å². The van der Waals surface area contributed by atoms with Gasteiger partial charge in [0, 0.05) is 12.6 Å². The fourth-order valence-electron chi connectivity index (χ4n) is 3.12. The van der Waals surface area contributed by atoms with Crippen LogP contribution in [0.5, 0.6) is 0 Å². The third-order valence-corrected chi connectivity index (χ3v) is 4.59. The predicted octanol–water partition coefficient (Wildman–Crippen LogP) is 3.27. The van der Waals surface area contributed by atoms with Crippen LogP contribution in [0.3, 0.4) is 0 Å². The van der Waals surface area contributed by atoms with Gasteiger partial charge in [-0.3, -0.25) is 24.8 Å². The largest absolute Gasteiger partial charge is 0.288 e. The number of nitrogens with zero attached hydrogens (tertiary/aromatic N) is 2. The van der Waals surface area contributed by atoms with E-state index in [4.69, 9.17) is 0 Å². The number of para-hydroxylation sites is 1. The summed E-state index contributed by atoms with van der Waals surface area (Å²) in [5, 5.41) is 1.63. The Labute approximate surface area is 162 Å². The van der Waals surface area contributed by atoms with Crippen molar-refractivity contribution in [2.75, 3.05) is 17.0 Å². The molecule has 0 radical (unpaired) electrons. The fraction of sp³-hybridized carbons (Fsp3) is 0.0455. The van der Waals surface area contributed by atoms with Crippen molar-refractivity contribution < 1.29 is 14.4 Å². The Morgan fingerprint density at radius 1 is 0.786 bits per heavy atom. The van der Waals surface area contributed by atoms with Crippen LogP contribution >= 0.6 is 0 Å². The summed E-state index contributed by atoms with van der Waals surface area (Å²) in [7, 11) is 1.75. The Kier molecular flexibility index (Phi) is 4.37. The van der Waals surface area contributed by atoms with E-state index in [1.165, 1.54) is 0 Å². The first-order chi connectivity index (χ1) is 13.6. The number of imide groups is 1. The third kappa shape index (κ3) is 3.01. The van der Waals surface area contributed by atoms with E-state index in [2.05, 4.69) is 5.43 Å². The van der Waals surface area contributed by atoms with E-state index in [1.807, 2.05) is 30.3 Å². The summed E-state index contributed by atoms with van der Waals surface area (Å²) in [6, 6.07) is 22.5. The Morgan fingerprint density at radius 2 is 1.32 bits per heavy atom. The molecule has 3 aromatic rings. The highest BCUT2D eigenvalue weighted by Gasteiger charge is 2.36. The lowest BCUT2D eigenvalue weighted by molar-refractivity contribution is 0.0923.